The van der Waals surface area contributed by atoms with Crippen LogP contribution in [0, 0.1) is 0 Å². The summed E-state index contributed by atoms with van der Waals surface area (Å²) in [7, 11) is 1.78. The first-order valence-corrected chi connectivity index (χ1v) is 7.30. The molecule has 2 N–H and O–H groups in total. The molecule has 1 aromatic rings. The van der Waals surface area contributed by atoms with E-state index < -0.39 is 0 Å². The molecule has 0 radical (unpaired) electrons. The van der Waals surface area contributed by atoms with Crippen molar-refractivity contribution in [2.45, 2.75) is 45.7 Å². The van der Waals surface area contributed by atoms with Crippen LogP contribution in [-0.4, -0.2) is 30.2 Å². The molecule has 0 spiro atoms. The van der Waals surface area contributed by atoms with Crippen LogP contribution in [0.2, 0.25) is 0 Å². The Morgan fingerprint density at radius 3 is 2.76 bits per heavy atom. The SMILES string of the molecule is CCC(C)NC(=NC)NCCCCn1ccccc1=O.I. The molecule has 1 rings (SSSR count). The Morgan fingerprint density at radius 1 is 1.38 bits per heavy atom. The van der Waals surface area contributed by atoms with Crippen molar-refractivity contribution in [1.29, 1.82) is 0 Å². The number of nitrogens with one attached hydrogen (secondary N) is 2. The molecule has 0 aliphatic carbocycles. The normalized spacial score (nSPS) is 12.4. The number of nitrogens with zero attached hydrogens (tertiary/aromatic N) is 2. The molecule has 1 atom stereocenters. The number of aliphatic imine (C=N–C) groups is 1. The van der Waals surface area contributed by atoms with Gasteiger partial charge in [-0.3, -0.25) is 9.79 Å². The van der Waals surface area contributed by atoms with Crippen molar-refractivity contribution in [2.24, 2.45) is 4.99 Å². The average Bonchev–Trinajstić information content (AvgIpc) is 2.47. The third kappa shape index (κ3) is 8.08. The van der Waals surface area contributed by atoms with Crippen molar-refractivity contribution in [1.82, 2.24) is 15.2 Å². The molecule has 0 aliphatic rings. The zero-order chi connectivity index (χ0) is 14.8. The van der Waals surface area contributed by atoms with Crippen molar-refractivity contribution in [3.8, 4) is 0 Å². The van der Waals surface area contributed by atoms with E-state index in [1.807, 2.05) is 12.3 Å². The van der Waals surface area contributed by atoms with Crippen LogP contribution in [0.1, 0.15) is 33.1 Å². The second kappa shape index (κ2) is 11.6. The molecule has 0 aliphatic heterocycles. The first kappa shape index (κ1) is 19.9. The summed E-state index contributed by atoms with van der Waals surface area (Å²) in [6.45, 7) is 5.90. The van der Waals surface area contributed by atoms with Gasteiger partial charge in [-0.1, -0.05) is 13.0 Å². The molecular formula is C15H27IN4O. The van der Waals surface area contributed by atoms with Gasteiger partial charge in [0.15, 0.2) is 5.96 Å². The topological polar surface area (TPSA) is 58.4 Å². The lowest BCUT2D eigenvalue weighted by Gasteiger charge is -2.16. The molecule has 0 fully saturated rings. The molecule has 0 saturated heterocycles. The predicted octanol–water partition coefficient (Wildman–Crippen LogP) is 2.21. The van der Waals surface area contributed by atoms with Crippen LogP contribution < -0.4 is 16.2 Å². The van der Waals surface area contributed by atoms with Gasteiger partial charge >= 0.3 is 0 Å². The Kier molecular flexibility index (Phi) is 11.0. The number of hydrogen-bond acceptors (Lipinski definition) is 2. The lowest BCUT2D eigenvalue weighted by molar-refractivity contribution is 0.578. The van der Waals surface area contributed by atoms with Gasteiger partial charge in [-0.15, -0.1) is 24.0 Å². The fourth-order valence-corrected chi connectivity index (χ4v) is 1.79. The minimum Gasteiger partial charge on any atom is -0.356 e. The number of unbranched alkanes of at least 4 members (excludes halogenated alkanes) is 1. The van der Waals surface area contributed by atoms with Gasteiger partial charge in [-0.2, -0.15) is 0 Å². The van der Waals surface area contributed by atoms with Gasteiger partial charge in [0, 0.05) is 38.4 Å². The van der Waals surface area contributed by atoms with E-state index in [1.165, 1.54) is 0 Å². The summed E-state index contributed by atoms with van der Waals surface area (Å²) >= 11 is 0. The van der Waals surface area contributed by atoms with Crippen LogP contribution in [0.4, 0.5) is 0 Å². The van der Waals surface area contributed by atoms with Gasteiger partial charge in [0.1, 0.15) is 0 Å². The lowest BCUT2D eigenvalue weighted by Crippen LogP contribution is -2.42. The van der Waals surface area contributed by atoms with Crippen LogP contribution >= 0.6 is 24.0 Å². The van der Waals surface area contributed by atoms with Gasteiger partial charge in [0.05, 0.1) is 0 Å². The number of hydrogen-bond donors (Lipinski definition) is 2. The van der Waals surface area contributed by atoms with Crippen LogP contribution in [0.25, 0.3) is 0 Å². The highest BCUT2D eigenvalue weighted by atomic mass is 127. The van der Waals surface area contributed by atoms with E-state index in [-0.39, 0.29) is 29.5 Å². The summed E-state index contributed by atoms with van der Waals surface area (Å²) in [6, 6.07) is 5.67. The third-order valence-electron chi connectivity index (χ3n) is 3.24. The van der Waals surface area contributed by atoms with Gasteiger partial charge in [-0.25, -0.2) is 0 Å². The summed E-state index contributed by atoms with van der Waals surface area (Å²) in [6.07, 6.45) is 4.87. The van der Waals surface area contributed by atoms with Crippen LogP contribution in [0.5, 0.6) is 0 Å². The summed E-state index contributed by atoms with van der Waals surface area (Å²) in [4.78, 5) is 15.7. The quantitative estimate of drug-likeness (QED) is 0.316. The molecule has 5 nitrogen and oxygen atoms in total. The summed E-state index contributed by atoms with van der Waals surface area (Å²) in [5.74, 6) is 0.844. The largest absolute Gasteiger partial charge is 0.356 e. The van der Waals surface area contributed by atoms with Gasteiger partial charge < -0.3 is 15.2 Å². The maximum atomic E-state index is 11.5. The molecule has 21 heavy (non-hydrogen) atoms. The van der Waals surface area contributed by atoms with E-state index in [0.29, 0.717) is 6.04 Å². The second-order valence-electron chi connectivity index (χ2n) is 4.89. The zero-order valence-corrected chi connectivity index (χ0v) is 15.5. The zero-order valence-electron chi connectivity index (χ0n) is 13.1. The Hall–Kier alpha value is -1.05. The number of halogens is 1. The maximum Gasteiger partial charge on any atom is 0.250 e. The summed E-state index contributed by atoms with van der Waals surface area (Å²) in [5, 5.41) is 6.60. The average molecular weight is 406 g/mol. The molecule has 1 aromatic heterocycles. The third-order valence-corrected chi connectivity index (χ3v) is 3.24. The molecule has 0 bridgehead atoms. The van der Waals surface area contributed by atoms with Crippen LogP contribution in [0.15, 0.2) is 34.2 Å². The molecule has 1 heterocycles. The second-order valence-corrected chi connectivity index (χ2v) is 4.89. The van der Waals surface area contributed by atoms with Gasteiger partial charge in [0.2, 0.25) is 5.56 Å². The molecule has 1 unspecified atom stereocenters. The molecule has 120 valence electrons. The minimum atomic E-state index is 0. The van der Waals surface area contributed by atoms with Crippen molar-refractivity contribution in [2.75, 3.05) is 13.6 Å². The van der Waals surface area contributed by atoms with Crippen LogP contribution in [0.3, 0.4) is 0 Å². The van der Waals surface area contributed by atoms with Crippen LogP contribution in [-0.2, 0) is 6.54 Å². The van der Waals surface area contributed by atoms with E-state index in [9.17, 15) is 4.79 Å². The number of pyridine rings is 1. The Balaban J connectivity index is 0.00000400. The number of aromatic nitrogens is 1. The fourth-order valence-electron chi connectivity index (χ4n) is 1.79. The van der Waals surface area contributed by atoms with Crippen molar-refractivity contribution < 1.29 is 0 Å². The molecule has 0 aromatic carbocycles. The van der Waals surface area contributed by atoms with Gasteiger partial charge in [0.25, 0.3) is 0 Å². The first-order valence-electron chi connectivity index (χ1n) is 7.30. The predicted molar refractivity (Wildman–Crippen MR) is 99.6 cm³/mol. The van der Waals surface area contributed by atoms with E-state index in [4.69, 9.17) is 0 Å². The minimum absolute atomic E-state index is 0. The monoisotopic (exact) mass is 406 g/mol. The molecule has 0 amide bonds. The van der Waals surface area contributed by atoms with E-state index in [2.05, 4.69) is 29.5 Å². The number of rotatable bonds is 7. The van der Waals surface area contributed by atoms with E-state index in [1.54, 1.807) is 23.7 Å². The Bertz CT molecular complexity index is 473. The molecule has 0 saturated carbocycles. The van der Waals surface area contributed by atoms with Crippen molar-refractivity contribution in [3.63, 3.8) is 0 Å². The van der Waals surface area contributed by atoms with Crippen molar-refractivity contribution >= 4 is 29.9 Å². The van der Waals surface area contributed by atoms with Crippen molar-refractivity contribution in [3.05, 3.63) is 34.7 Å². The lowest BCUT2D eigenvalue weighted by atomic mass is 10.2. The Labute approximate surface area is 144 Å². The van der Waals surface area contributed by atoms with E-state index >= 15 is 0 Å². The summed E-state index contributed by atoms with van der Waals surface area (Å²) in [5.41, 5.74) is 0.0645. The first-order chi connectivity index (χ1) is 9.67. The highest BCUT2D eigenvalue weighted by molar-refractivity contribution is 14.0. The highest BCUT2D eigenvalue weighted by Gasteiger charge is 2.01. The standard InChI is InChI=1S/C15H26N4O.HI/c1-4-13(2)18-15(16-3)17-10-6-8-12-19-11-7-5-9-14(19)20;/h5,7,9,11,13H,4,6,8,10,12H2,1-3H3,(H2,16,17,18);1H. The molecular weight excluding hydrogens is 379 g/mol. The summed E-state index contributed by atoms with van der Waals surface area (Å²) < 4.78 is 1.74. The van der Waals surface area contributed by atoms with E-state index in [0.717, 1.165) is 38.3 Å². The smallest absolute Gasteiger partial charge is 0.250 e. The Morgan fingerprint density at radius 2 is 2.14 bits per heavy atom. The number of guanidine groups is 1. The molecule has 6 heteroatoms. The number of aryl methyl sites for hydroxylation is 1. The fraction of sp³-hybridized carbons (Fsp3) is 0.600. The maximum absolute atomic E-state index is 11.5. The van der Waals surface area contributed by atoms with Gasteiger partial charge in [-0.05, 0) is 32.3 Å². The highest BCUT2D eigenvalue weighted by Crippen LogP contribution is 1.92.